The Morgan fingerprint density at radius 2 is 1.92 bits per heavy atom. The maximum Gasteiger partial charge on any atom is 0.339 e. The number of hydrogen-bond acceptors (Lipinski definition) is 7. The van der Waals surface area contributed by atoms with Crippen molar-refractivity contribution < 1.29 is 9.53 Å². The van der Waals surface area contributed by atoms with E-state index in [9.17, 15) is 4.79 Å². The third-order valence-corrected chi connectivity index (χ3v) is 3.61. The highest BCUT2D eigenvalue weighted by Crippen LogP contribution is 2.25. The molecule has 0 atom stereocenters. The van der Waals surface area contributed by atoms with E-state index in [0.717, 1.165) is 11.0 Å². The van der Waals surface area contributed by atoms with Crippen LogP contribution >= 0.6 is 0 Å². The zero-order chi connectivity index (χ0) is 16.5. The monoisotopic (exact) mass is 320 g/mol. The first-order chi connectivity index (χ1) is 11.8. The van der Waals surface area contributed by atoms with Gasteiger partial charge in [0.1, 0.15) is 0 Å². The van der Waals surface area contributed by atoms with Crippen LogP contribution in [0.3, 0.4) is 0 Å². The molecule has 0 saturated carbocycles. The van der Waals surface area contributed by atoms with E-state index in [1.54, 1.807) is 22.7 Å². The third kappa shape index (κ3) is 2.21. The molecule has 0 aliphatic carbocycles. The predicted octanol–water partition coefficient (Wildman–Crippen LogP) is 2.20. The second-order valence-corrected chi connectivity index (χ2v) is 5.03. The summed E-state index contributed by atoms with van der Waals surface area (Å²) in [5, 5.41) is 14.9. The van der Waals surface area contributed by atoms with Gasteiger partial charge in [0.15, 0.2) is 5.82 Å². The molecule has 0 spiro atoms. The molecular weight excluding hydrogens is 308 g/mol. The Hall–Kier alpha value is -3.55. The standard InChI is InChI=1S/C16H12N6O2/c1-24-16(23)10-6-2-3-7-11(10)17-14-15-19-20-21-22(15)13-9-5-4-8-12(13)18-14/h2-9H,1H3,(H,17,18). The van der Waals surface area contributed by atoms with Crippen LogP contribution in [-0.4, -0.2) is 38.1 Å². The molecule has 0 radical (unpaired) electrons. The average molecular weight is 320 g/mol. The maximum atomic E-state index is 11.9. The van der Waals surface area contributed by atoms with Crippen LogP contribution in [0.4, 0.5) is 11.5 Å². The van der Waals surface area contributed by atoms with Crippen molar-refractivity contribution in [1.29, 1.82) is 0 Å². The Kier molecular flexibility index (Phi) is 3.27. The van der Waals surface area contributed by atoms with E-state index in [2.05, 4.69) is 25.8 Å². The first-order valence-corrected chi connectivity index (χ1v) is 7.19. The normalized spacial score (nSPS) is 10.9. The van der Waals surface area contributed by atoms with Crippen molar-refractivity contribution >= 4 is 34.2 Å². The smallest absolute Gasteiger partial charge is 0.339 e. The van der Waals surface area contributed by atoms with Crippen LogP contribution in [0.15, 0.2) is 48.5 Å². The molecule has 8 heteroatoms. The minimum atomic E-state index is -0.436. The highest BCUT2D eigenvalue weighted by molar-refractivity contribution is 5.97. The number of fused-ring (bicyclic) bond motifs is 3. The van der Waals surface area contributed by atoms with Crippen molar-refractivity contribution in [3.05, 3.63) is 54.1 Å². The Balaban J connectivity index is 1.88. The molecule has 0 saturated heterocycles. The molecule has 0 fully saturated rings. The largest absolute Gasteiger partial charge is 0.465 e. The molecule has 4 aromatic rings. The molecule has 0 unspecified atom stereocenters. The average Bonchev–Trinajstić information content (AvgIpc) is 3.12. The lowest BCUT2D eigenvalue weighted by molar-refractivity contribution is 0.0602. The summed E-state index contributed by atoms with van der Waals surface area (Å²) in [7, 11) is 1.34. The number of nitrogens with one attached hydrogen (secondary N) is 1. The van der Waals surface area contributed by atoms with E-state index < -0.39 is 5.97 Å². The number of methoxy groups -OCH3 is 1. The Labute approximate surface area is 136 Å². The van der Waals surface area contributed by atoms with Crippen molar-refractivity contribution in [2.45, 2.75) is 0 Å². The lowest BCUT2D eigenvalue weighted by Crippen LogP contribution is -2.07. The minimum absolute atomic E-state index is 0.403. The first-order valence-electron chi connectivity index (χ1n) is 7.19. The van der Waals surface area contributed by atoms with Gasteiger partial charge in [-0.15, -0.1) is 5.10 Å². The highest BCUT2D eigenvalue weighted by atomic mass is 16.5. The molecule has 1 N–H and O–H groups in total. The highest BCUT2D eigenvalue weighted by Gasteiger charge is 2.15. The van der Waals surface area contributed by atoms with Gasteiger partial charge in [0.25, 0.3) is 0 Å². The predicted molar refractivity (Wildman–Crippen MR) is 87.1 cm³/mol. The summed E-state index contributed by atoms with van der Waals surface area (Å²) >= 11 is 0. The third-order valence-electron chi connectivity index (χ3n) is 3.61. The fraction of sp³-hybridized carbons (Fsp3) is 0.0625. The SMILES string of the molecule is COC(=O)c1ccccc1Nc1nc2ccccc2n2nnnc12. The van der Waals surface area contributed by atoms with Gasteiger partial charge in [-0.3, -0.25) is 0 Å². The molecule has 0 aliphatic heterocycles. The van der Waals surface area contributed by atoms with E-state index in [4.69, 9.17) is 4.74 Å². The van der Waals surface area contributed by atoms with Crippen molar-refractivity contribution in [2.75, 3.05) is 12.4 Å². The molecule has 2 heterocycles. The van der Waals surface area contributed by atoms with Gasteiger partial charge in [-0.25, -0.2) is 9.78 Å². The van der Waals surface area contributed by atoms with Crippen molar-refractivity contribution in [2.24, 2.45) is 0 Å². The van der Waals surface area contributed by atoms with Gasteiger partial charge in [-0.1, -0.05) is 24.3 Å². The molecule has 118 valence electrons. The zero-order valence-electron chi connectivity index (χ0n) is 12.7. The zero-order valence-corrected chi connectivity index (χ0v) is 12.7. The van der Waals surface area contributed by atoms with Crippen molar-refractivity contribution in [1.82, 2.24) is 25.0 Å². The van der Waals surface area contributed by atoms with E-state index in [1.165, 1.54) is 7.11 Å². The van der Waals surface area contributed by atoms with Crippen molar-refractivity contribution in [3.63, 3.8) is 0 Å². The van der Waals surface area contributed by atoms with E-state index >= 15 is 0 Å². The number of ether oxygens (including phenoxy) is 1. The summed E-state index contributed by atoms with van der Waals surface area (Å²) in [6, 6.07) is 14.6. The number of tetrazole rings is 1. The lowest BCUT2D eigenvalue weighted by atomic mass is 10.2. The van der Waals surface area contributed by atoms with Gasteiger partial charge in [-0.2, -0.15) is 4.52 Å². The first kappa shape index (κ1) is 14.1. The maximum absolute atomic E-state index is 11.9. The summed E-state index contributed by atoms with van der Waals surface area (Å²) in [4.78, 5) is 16.5. The van der Waals surface area contributed by atoms with Crippen LogP contribution in [-0.2, 0) is 4.74 Å². The van der Waals surface area contributed by atoms with Gasteiger partial charge in [-0.05, 0) is 34.7 Å². The summed E-state index contributed by atoms with van der Waals surface area (Å²) in [6.45, 7) is 0. The summed E-state index contributed by atoms with van der Waals surface area (Å²) in [6.07, 6.45) is 0. The number of para-hydroxylation sites is 3. The van der Waals surface area contributed by atoms with Gasteiger partial charge >= 0.3 is 5.97 Å². The topological polar surface area (TPSA) is 94.3 Å². The van der Waals surface area contributed by atoms with Gasteiger partial charge in [0.2, 0.25) is 5.65 Å². The van der Waals surface area contributed by atoms with Crippen LogP contribution in [0.1, 0.15) is 10.4 Å². The Morgan fingerprint density at radius 1 is 1.12 bits per heavy atom. The van der Waals surface area contributed by atoms with Gasteiger partial charge in [0.05, 0.1) is 29.4 Å². The molecule has 2 aromatic carbocycles. The molecule has 0 bridgehead atoms. The number of rotatable bonds is 3. The van der Waals surface area contributed by atoms with Gasteiger partial charge < -0.3 is 10.1 Å². The van der Waals surface area contributed by atoms with Crippen LogP contribution in [0.25, 0.3) is 16.7 Å². The number of carbonyl (C=O) groups is 1. The number of benzene rings is 2. The summed E-state index contributed by atoms with van der Waals surface area (Å²) in [5.41, 5.74) is 2.96. The molecule has 2 aromatic heterocycles. The molecule has 24 heavy (non-hydrogen) atoms. The minimum Gasteiger partial charge on any atom is -0.465 e. The van der Waals surface area contributed by atoms with Crippen LogP contribution < -0.4 is 5.32 Å². The molecular formula is C16H12N6O2. The van der Waals surface area contributed by atoms with E-state index in [1.807, 2.05) is 30.3 Å². The fourth-order valence-electron chi connectivity index (χ4n) is 2.50. The van der Waals surface area contributed by atoms with Crippen LogP contribution in [0, 0.1) is 0 Å². The fourth-order valence-corrected chi connectivity index (χ4v) is 2.50. The second kappa shape index (κ2) is 5.58. The summed E-state index contributed by atoms with van der Waals surface area (Å²) < 4.78 is 6.42. The van der Waals surface area contributed by atoms with Gasteiger partial charge in [0, 0.05) is 0 Å². The Morgan fingerprint density at radius 3 is 2.79 bits per heavy atom. The summed E-state index contributed by atoms with van der Waals surface area (Å²) in [5.74, 6) is 0.0181. The number of anilines is 2. The van der Waals surface area contributed by atoms with E-state index in [-0.39, 0.29) is 0 Å². The number of nitrogens with zero attached hydrogens (tertiary/aromatic N) is 5. The molecule has 0 amide bonds. The number of esters is 1. The number of carbonyl (C=O) groups excluding carboxylic acids is 1. The lowest BCUT2D eigenvalue weighted by Gasteiger charge is -2.11. The van der Waals surface area contributed by atoms with Crippen LogP contribution in [0.2, 0.25) is 0 Å². The molecule has 8 nitrogen and oxygen atoms in total. The van der Waals surface area contributed by atoms with Crippen molar-refractivity contribution in [3.8, 4) is 0 Å². The number of hydrogen-bond donors (Lipinski definition) is 1. The quantitative estimate of drug-likeness (QED) is 0.578. The van der Waals surface area contributed by atoms with E-state index in [0.29, 0.717) is 22.7 Å². The molecule has 4 rings (SSSR count). The number of aromatic nitrogens is 5. The Bertz CT molecular complexity index is 1060. The second-order valence-electron chi connectivity index (χ2n) is 5.03. The van der Waals surface area contributed by atoms with Crippen LogP contribution in [0.5, 0.6) is 0 Å². The molecule has 0 aliphatic rings.